The Morgan fingerprint density at radius 2 is 1.67 bits per heavy atom. The first kappa shape index (κ1) is 10.6. The summed E-state index contributed by atoms with van der Waals surface area (Å²) in [5.41, 5.74) is 2.22. The number of rotatable bonds is 1. The van der Waals surface area contributed by atoms with Gasteiger partial charge in [-0.1, -0.05) is 29.8 Å². The van der Waals surface area contributed by atoms with Gasteiger partial charge in [-0.2, -0.15) is 0 Å². The number of benzene rings is 1. The van der Waals surface area contributed by atoms with Crippen molar-refractivity contribution >= 4 is 0 Å². The molecule has 3 heteroatoms. The van der Waals surface area contributed by atoms with Gasteiger partial charge >= 0.3 is 0 Å². The molecule has 2 rings (SSSR count). The Balaban J connectivity index is 2.22. The average molecular weight is 207 g/mol. The molecule has 3 nitrogen and oxygen atoms in total. The summed E-state index contributed by atoms with van der Waals surface area (Å²) in [6.45, 7) is 3.90. The lowest BCUT2D eigenvalue weighted by Gasteiger charge is -2.16. The van der Waals surface area contributed by atoms with Crippen LogP contribution in [0.15, 0.2) is 24.3 Å². The Kier molecular flexibility index (Phi) is 2.78. The van der Waals surface area contributed by atoms with E-state index >= 15 is 0 Å². The highest BCUT2D eigenvalue weighted by Crippen LogP contribution is 2.27. The second-order valence-electron chi connectivity index (χ2n) is 4.32. The van der Waals surface area contributed by atoms with Crippen LogP contribution in [0.1, 0.15) is 24.1 Å². The molecule has 1 fully saturated rings. The number of aryl methyl sites for hydroxylation is 1. The molecular formula is C12H17NO2. The van der Waals surface area contributed by atoms with Gasteiger partial charge in [-0.05, 0) is 19.4 Å². The monoisotopic (exact) mass is 207 g/mol. The second kappa shape index (κ2) is 3.93. The van der Waals surface area contributed by atoms with E-state index < -0.39 is 12.2 Å². The molecule has 1 heterocycles. The van der Waals surface area contributed by atoms with Crippen LogP contribution in [0.2, 0.25) is 0 Å². The van der Waals surface area contributed by atoms with Gasteiger partial charge in [0.2, 0.25) is 0 Å². The quantitative estimate of drug-likeness (QED) is 0.637. The molecule has 15 heavy (non-hydrogen) atoms. The van der Waals surface area contributed by atoms with Crippen molar-refractivity contribution in [3.05, 3.63) is 35.4 Å². The zero-order valence-electron chi connectivity index (χ0n) is 9.01. The van der Waals surface area contributed by atoms with Crippen LogP contribution in [-0.4, -0.2) is 28.5 Å². The smallest absolute Gasteiger partial charge is 0.101 e. The first-order valence-electron chi connectivity index (χ1n) is 5.28. The van der Waals surface area contributed by atoms with Crippen LogP contribution in [0.25, 0.3) is 0 Å². The summed E-state index contributed by atoms with van der Waals surface area (Å²) in [5, 5.41) is 22.7. The molecule has 82 valence electrons. The molecule has 0 unspecified atom stereocenters. The molecule has 1 aliphatic rings. The van der Waals surface area contributed by atoms with Crippen molar-refractivity contribution in [2.75, 3.05) is 0 Å². The van der Waals surface area contributed by atoms with Gasteiger partial charge in [-0.25, -0.2) is 0 Å². The van der Waals surface area contributed by atoms with Crippen LogP contribution in [0.3, 0.4) is 0 Å². The van der Waals surface area contributed by atoms with Gasteiger partial charge in [0, 0.05) is 6.04 Å². The number of hydrogen-bond donors (Lipinski definition) is 3. The maximum Gasteiger partial charge on any atom is 0.101 e. The summed E-state index contributed by atoms with van der Waals surface area (Å²) < 4.78 is 0. The number of aliphatic hydroxyl groups excluding tert-OH is 2. The molecule has 1 aromatic rings. The Hall–Kier alpha value is -0.900. The molecule has 0 saturated carbocycles. The van der Waals surface area contributed by atoms with Crippen LogP contribution in [-0.2, 0) is 0 Å². The van der Waals surface area contributed by atoms with Crippen LogP contribution >= 0.6 is 0 Å². The molecule has 1 aromatic carbocycles. The lowest BCUT2D eigenvalue weighted by molar-refractivity contribution is 0.0301. The largest absolute Gasteiger partial charge is 0.389 e. The minimum Gasteiger partial charge on any atom is -0.389 e. The zero-order chi connectivity index (χ0) is 11.0. The van der Waals surface area contributed by atoms with E-state index in [0.717, 1.165) is 5.56 Å². The molecule has 1 saturated heterocycles. The summed E-state index contributed by atoms with van der Waals surface area (Å²) in [6, 6.07) is 7.78. The predicted octanol–water partition coefficient (Wildman–Crippen LogP) is 0.750. The molecule has 0 amide bonds. The fourth-order valence-electron chi connectivity index (χ4n) is 2.04. The molecular weight excluding hydrogens is 190 g/mol. The van der Waals surface area contributed by atoms with Crippen molar-refractivity contribution < 1.29 is 10.2 Å². The van der Waals surface area contributed by atoms with Crippen LogP contribution in [0, 0.1) is 6.92 Å². The Morgan fingerprint density at radius 1 is 1.07 bits per heavy atom. The lowest BCUT2D eigenvalue weighted by Crippen LogP contribution is -2.29. The van der Waals surface area contributed by atoms with Crippen LogP contribution < -0.4 is 5.32 Å². The highest BCUT2D eigenvalue weighted by Gasteiger charge is 2.38. The van der Waals surface area contributed by atoms with E-state index in [9.17, 15) is 10.2 Å². The molecule has 0 aliphatic carbocycles. The predicted molar refractivity (Wildman–Crippen MR) is 58.5 cm³/mol. The van der Waals surface area contributed by atoms with E-state index in [1.807, 2.05) is 38.1 Å². The maximum absolute atomic E-state index is 9.84. The Morgan fingerprint density at radius 3 is 2.13 bits per heavy atom. The molecule has 0 aromatic heterocycles. The summed E-state index contributed by atoms with van der Waals surface area (Å²) in [4.78, 5) is 0. The summed E-state index contributed by atoms with van der Waals surface area (Å²) in [7, 11) is 0. The summed E-state index contributed by atoms with van der Waals surface area (Å²) >= 11 is 0. The van der Waals surface area contributed by atoms with E-state index in [1.165, 1.54) is 5.56 Å². The second-order valence-corrected chi connectivity index (χ2v) is 4.32. The molecule has 1 aliphatic heterocycles. The first-order valence-corrected chi connectivity index (χ1v) is 5.28. The summed E-state index contributed by atoms with van der Waals surface area (Å²) in [5.74, 6) is 0. The van der Waals surface area contributed by atoms with Gasteiger partial charge in [0.1, 0.15) is 6.10 Å². The topological polar surface area (TPSA) is 52.5 Å². The maximum atomic E-state index is 9.84. The van der Waals surface area contributed by atoms with Crippen LogP contribution in [0.5, 0.6) is 0 Å². The number of nitrogens with one attached hydrogen (secondary N) is 1. The third-order valence-electron chi connectivity index (χ3n) is 3.08. The van der Waals surface area contributed by atoms with Gasteiger partial charge in [0.25, 0.3) is 0 Å². The molecule has 0 spiro atoms. The van der Waals surface area contributed by atoms with Gasteiger partial charge < -0.3 is 15.5 Å². The third-order valence-corrected chi connectivity index (χ3v) is 3.08. The van der Waals surface area contributed by atoms with E-state index in [0.29, 0.717) is 0 Å². The minimum atomic E-state index is -0.720. The summed E-state index contributed by atoms with van der Waals surface area (Å²) in [6.07, 6.45) is -1.40. The Labute approximate surface area is 89.8 Å². The van der Waals surface area contributed by atoms with Crippen molar-refractivity contribution in [2.45, 2.75) is 38.1 Å². The number of aliphatic hydroxyl groups is 2. The van der Waals surface area contributed by atoms with E-state index in [-0.39, 0.29) is 12.1 Å². The van der Waals surface area contributed by atoms with E-state index in [1.54, 1.807) is 0 Å². The first-order chi connectivity index (χ1) is 7.09. The van der Waals surface area contributed by atoms with Crippen molar-refractivity contribution in [1.29, 1.82) is 0 Å². The molecule has 0 radical (unpaired) electrons. The van der Waals surface area contributed by atoms with Gasteiger partial charge in [0.15, 0.2) is 0 Å². The molecule has 4 atom stereocenters. The highest BCUT2D eigenvalue weighted by molar-refractivity contribution is 5.26. The molecule has 3 N–H and O–H groups in total. The highest BCUT2D eigenvalue weighted by atomic mass is 16.3. The van der Waals surface area contributed by atoms with Gasteiger partial charge in [0.05, 0.1) is 12.1 Å². The Bertz CT molecular complexity index is 336. The van der Waals surface area contributed by atoms with Crippen LogP contribution in [0.4, 0.5) is 0 Å². The van der Waals surface area contributed by atoms with Crippen molar-refractivity contribution in [1.82, 2.24) is 5.32 Å². The SMILES string of the molecule is Cc1ccc([C@@H]2N[C@@H](C)[C@@H](O)[C@H]2O)cc1. The van der Waals surface area contributed by atoms with E-state index in [4.69, 9.17) is 0 Å². The van der Waals surface area contributed by atoms with Gasteiger partial charge in [-0.15, -0.1) is 0 Å². The van der Waals surface area contributed by atoms with Crippen molar-refractivity contribution in [3.8, 4) is 0 Å². The minimum absolute atomic E-state index is 0.0636. The normalized spacial score (nSPS) is 35.7. The third kappa shape index (κ3) is 1.91. The standard InChI is InChI=1S/C12H17NO2/c1-7-3-5-9(6-4-7)10-12(15)11(14)8(2)13-10/h3-6,8,10-15H,1-2H3/t8-,10-,11+,12-/m0/s1. The zero-order valence-corrected chi connectivity index (χ0v) is 9.01. The van der Waals surface area contributed by atoms with Gasteiger partial charge in [-0.3, -0.25) is 0 Å². The lowest BCUT2D eigenvalue weighted by atomic mass is 10.0. The molecule has 0 bridgehead atoms. The van der Waals surface area contributed by atoms with Crippen molar-refractivity contribution in [3.63, 3.8) is 0 Å². The average Bonchev–Trinajstić information content (AvgIpc) is 2.47. The number of hydrogen-bond acceptors (Lipinski definition) is 3. The van der Waals surface area contributed by atoms with Crippen molar-refractivity contribution in [2.24, 2.45) is 0 Å². The fraction of sp³-hybridized carbons (Fsp3) is 0.500. The van der Waals surface area contributed by atoms with E-state index in [2.05, 4.69) is 5.32 Å². The fourth-order valence-corrected chi connectivity index (χ4v) is 2.04.